The number of benzene rings is 1. The summed E-state index contributed by atoms with van der Waals surface area (Å²) in [6.07, 6.45) is 4.49. The highest BCUT2D eigenvalue weighted by atomic mass is 35.5. The van der Waals surface area contributed by atoms with E-state index in [0.717, 1.165) is 24.3 Å². The number of halogens is 1. The molecule has 0 unspecified atom stereocenters. The van der Waals surface area contributed by atoms with Crippen LogP contribution in [-0.4, -0.2) is 72.3 Å². The second-order valence-electron chi connectivity index (χ2n) is 9.20. The zero-order valence-corrected chi connectivity index (χ0v) is 21.0. The molecule has 0 N–H and O–H groups in total. The molecule has 2 aliphatic rings. The van der Waals surface area contributed by atoms with E-state index in [1.54, 1.807) is 17.1 Å². The minimum Gasteiger partial charge on any atom is -0.368 e. The van der Waals surface area contributed by atoms with E-state index in [9.17, 15) is 13.2 Å². The molecule has 4 rings (SSSR count). The largest absolute Gasteiger partial charge is 0.368 e. The zero-order chi connectivity index (χ0) is 23.8. The highest BCUT2D eigenvalue weighted by Crippen LogP contribution is 2.28. The lowest BCUT2D eigenvalue weighted by molar-refractivity contribution is -0.137. The molecule has 2 aliphatic heterocycles. The van der Waals surface area contributed by atoms with Gasteiger partial charge < -0.3 is 14.4 Å². The van der Waals surface area contributed by atoms with E-state index in [4.69, 9.17) is 11.6 Å². The van der Waals surface area contributed by atoms with Gasteiger partial charge in [-0.05, 0) is 51.3 Å². The zero-order valence-electron chi connectivity index (χ0n) is 19.4. The first-order valence-corrected chi connectivity index (χ1v) is 13.3. The maximum atomic E-state index is 13.3. The third-order valence-corrected chi connectivity index (χ3v) is 8.60. The molecule has 0 bridgehead atoms. The lowest BCUT2D eigenvalue weighted by Gasteiger charge is -2.39. The number of anilines is 1. The molecule has 0 radical (unpaired) electrons. The second-order valence-corrected chi connectivity index (χ2v) is 11.5. The Balaban J connectivity index is 1.39. The van der Waals surface area contributed by atoms with Gasteiger partial charge in [0.15, 0.2) is 5.03 Å². The van der Waals surface area contributed by atoms with Crippen molar-refractivity contribution in [1.29, 1.82) is 0 Å². The van der Waals surface area contributed by atoms with Crippen LogP contribution >= 0.6 is 11.6 Å². The van der Waals surface area contributed by atoms with Crippen molar-refractivity contribution in [2.24, 2.45) is 5.92 Å². The molecule has 2 saturated heterocycles. The van der Waals surface area contributed by atoms with Gasteiger partial charge in [0.25, 0.3) is 10.0 Å². The molecule has 1 aromatic carbocycles. The number of piperazine rings is 1. The predicted molar refractivity (Wildman–Crippen MR) is 129 cm³/mol. The number of sulfonamides is 1. The van der Waals surface area contributed by atoms with Crippen LogP contribution in [-0.2, 0) is 14.8 Å². The van der Waals surface area contributed by atoms with E-state index < -0.39 is 10.0 Å². The number of hydrogen-bond acceptors (Lipinski definition) is 5. The van der Waals surface area contributed by atoms with Crippen LogP contribution in [0.2, 0.25) is 5.02 Å². The molecule has 33 heavy (non-hydrogen) atoms. The fraction of sp³-hybridized carbons (Fsp3) is 0.565. The smallest absolute Gasteiger partial charge is 0.262 e. The highest BCUT2D eigenvalue weighted by molar-refractivity contribution is 7.89. The standard InChI is InChI=1S/C23H32ClN5O3S/c1-17(2)28-15-22(25-16-28)33(31,32)29-8-4-5-19(14-29)23(30)27-11-9-26(10-12-27)21-13-20(24)7-6-18(21)3/h6-7,13,15-17,19H,4-5,8-12,14H2,1-3H3/t19-/m0/s1. The van der Waals surface area contributed by atoms with Crippen molar-refractivity contribution in [1.82, 2.24) is 18.8 Å². The predicted octanol–water partition coefficient (Wildman–Crippen LogP) is 3.18. The molecule has 180 valence electrons. The Hall–Kier alpha value is -2.10. The number of aromatic nitrogens is 2. The van der Waals surface area contributed by atoms with Crippen molar-refractivity contribution in [3.8, 4) is 0 Å². The fourth-order valence-corrected chi connectivity index (χ4v) is 6.19. The van der Waals surface area contributed by atoms with E-state index in [0.29, 0.717) is 37.5 Å². The van der Waals surface area contributed by atoms with Gasteiger partial charge in [-0.2, -0.15) is 4.31 Å². The first-order chi connectivity index (χ1) is 15.7. The molecule has 1 aromatic heterocycles. The Morgan fingerprint density at radius 1 is 1.15 bits per heavy atom. The summed E-state index contributed by atoms with van der Waals surface area (Å²) in [5, 5.41) is 0.755. The Kier molecular flexibility index (Phi) is 7.02. The van der Waals surface area contributed by atoms with Crippen molar-refractivity contribution in [3.05, 3.63) is 41.3 Å². The normalized spacial score (nSPS) is 20.5. The van der Waals surface area contributed by atoms with Crippen LogP contribution in [0.15, 0.2) is 35.7 Å². The van der Waals surface area contributed by atoms with Gasteiger partial charge in [0.2, 0.25) is 5.91 Å². The molecule has 2 fully saturated rings. The molecule has 2 aromatic rings. The van der Waals surface area contributed by atoms with Crippen LogP contribution in [0.3, 0.4) is 0 Å². The summed E-state index contributed by atoms with van der Waals surface area (Å²) in [6, 6.07) is 6.00. The Labute approximate surface area is 201 Å². The number of amides is 1. The van der Waals surface area contributed by atoms with Gasteiger partial charge in [-0.1, -0.05) is 17.7 Å². The van der Waals surface area contributed by atoms with Gasteiger partial charge >= 0.3 is 0 Å². The van der Waals surface area contributed by atoms with Gasteiger partial charge in [-0.15, -0.1) is 0 Å². The fourth-order valence-electron chi connectivity index (χ4n) is 4.58. The number of imidazole rings is 1. The molecule has 0 saturated carbocycles. The van der Waals surface area contributed by atoms with Crippen LogP contribution in [0.25, 0.3) is 0 Å². The molecule has 3 heterocycles. The van der Waals surface area contributed by atoms with E-state index >= 15 is 0 Å². The molecular weight excluding hydrogens is 462 g/mol. The number of hydrogen-bond donors (Lipinski definition) is 0. The van der Waals surface area contributed by atoms with Gasteiger partial charge in [-0.25, -0.2) is 13.4 Å². The number of aryl methyl sites for hydroxylation is 1. The third-order valence-electron chi connectivity index (χ3n) is 6.61. The Bertz CT molecular complexity index is 1110. The number of rotatable bonds is 5. The number of carbonyl (C=O) groups is 1. The number of piperidine rings is 1. The molecule has 1 amide bonds. The minimum atomic E-state index is -3.72. The van der Waals surface area contributed by atoms with Gasteiger partial charge in [0.05, 0.1) is 12.2 Å². The van der Waals surface area contributed by atoms with E-state index in [-0.39, 0.29) is 29.4 Å². The topological polar surface area (TPSA) is 78.8 Å². The van der Waals surface area contributed by atoms with Gasteiger partial charge in [0.1, 0.15) is 0 Å². The van der Waals surface area contributed by atoms with Crippen LogP contribution in [0.5, 0.6) is 0 Å². The van der Waals surface area contributed by atoms with Crippen LogP contribution in [0.1, 0.15) is 38.3 Å². The molecule has 8 nitrogen and oxygen atoms in total. The Morgan fingerprint density at radius 3 is 2.55 bits per heavy atom. The molecule has 0 spiro atoms. The van der Waals surface area contributed by atoms with E-state index in [2.05, 4.69) is 16.8 Å². The van der Waals surface area contributed by atoms with Crippen LogP contribution in [0.4, 0.5) is 5.69 Å². The summed E-state index contributed by atoms with van der Waals surface area (Å²) in [4.78, 5) is 21.5. The van der Waals surface area contributed by atoms with Crippen molar-refractivity contribution in [3.63, 3.8) is 0 Å². The monoisotopic (exact) mass is 493 g/mol. The van der Waals surface area contributed by atoms with Crippen LogP contribution in [0, 0.1) is 12.8 Å². The summed E-state index contributed by atoms with van der Waals surface area (Å²) >= 11 is 6.18. The van der Waals surface area contributed by atoms with Gasteiger partial charge in [0, 0.05) is 62.2 Å². The summed E-state index contributed by atoms with van der Waals surface area (Å²) < 4.78 is 29.5. The highest BCUT2D eigenvalue weighted by Gasteiger charge is 2.36. The van der Waals surface area contributed by atoms with Crippen molar-refractivity contribution in [2.75, 3.05) is 44.2 Å². The molecular formula is C23H32ClN5O3S. The molecule has 0 aliphatic carbocycles. The SMILES string of the molecule is Cc1ccc(Cl)cc1N1CCN(C(=O)[C@H]2CCCN(S(=O)(=O)c3cn(C(C)C)cn3)C2)CC1. The first-order valence-electron chi connectivity index (χ1n) is 11.5. The van der Waals surface area contributed by atoms with Gasteiger partial charge in [-0.3, -0.25) is 4.79 Å². The second kappa shape index (κ2) is 9.64. The molecule has 10 heteroatoms. The lowest BCUT2D eigenvalue weighted by Crippen LogP contribution is -2.53. The van der Waals surface area contributed by atoms with Crippen molar-refractivity contribution >= 4 is 33.2 Å². The number of nitrogens with zero attached hydrogens (tertiary/aromatic N) is 5. The van der Waals surface area contributed by atoms with Crippen molar-refractivity contribution < 1.29 is 13.2 Å². The summed E-state index contributed by atoms with van der Waals surface area (Å²) in [7, 11) is -3.72. The summed E-state index contributed by atoms with van der Waals surface area (Å²) in [5.74, 6) is -0.273. The van der Waals surface area contributed by atoms with Crippen molar-refractivity contribution in [2.45, 2.75) is 44.7 Å². The average molecular weight is 494 g/mol. The van der Waals surface area contributed by atoms with E-state index in [1.165, 1.54) is 4.31 Å². The quantitative estimate of drug-likeness (QED) is 0.639. The summed E-state index contributed by atoms with van der Waals surface area (Å²) in [6.45, 7) is 9.33. The third kappa shape index (κ3) is 5.05. The average Bonchev–Trinajstić information content (AvgIpc) is 3.32. The first kappa shape index (κ1) is 24.0. The molecule has 1 atom stereocenters. The van der Waals surface area contributed by atoms with Crippen LogP contribution < -0.4 is 4.90 Å². The van der Waals surface area contributed by atoms with E-state index in [1.807, 2.05) is 36.9 Å². The summed E-state index contributed by atoms with van der Waals surface area (Å²) in [5.41, 5.74) is 2.26. The minimum absolute atomic E-state index is 0.0464. The number of carbonyl (C=O) groups excluding carboxylic acids is 1. The lowest BCUT2D eigenvalue weighted by atomic mass is 9.97. The maximum Gasteiger partial charge on any atom is 0.262 e. The maximum absolute atomic E-state index is 13.3. The Morgan fingerprint density at radius 2 is 1.88 bits per heavy atom.